The van der Waals surface area contributed by atoms with Crippen LogP contribution in [0.15, 0.2) is 29.6 Å². The predicted molar refractivity (Wildman–Crippen MR) is 129 cm³/mol. The molecule has 0 spiro atoms. The normalized spacial score (nSPS) is 11.1. The Balaban J connectivity index is 1.74. The zero-order valence-corrected chi connectivity index (χ0v) is 19.4. The Morgan fingerprint density at radius 3 is 2.42 bits per heavy atom. The van der Waals surface area contributed by atoms with Gasteiger partial charge in [-0.2, -0.15) is 0 Å². The zero-order chi connectivity index (χ0) is 22.4. The molecular formula is C22H19ClN4O2S2. The first-order valence-corrected chi connectivity index (χ1v) is 11.4. The van der Waals surface area contributed by atoms with E-state index in [-0.39, 0.29) is 5.56 Å². The van der Waals surface area contributed by atoms with Gasteiger partial charge in [0.05, 0.1) is 11.3 Å². The van der Waals surface area contributed by atoms with Crippen LogP contribution in [0, 0.1) is 20.8 Å². The maximum atomic E-state index is 13.1. The molecule has 31 heavy (non-hydrogen) atoms. The molecule has 0 saturated carbocycles. The monoisotopic (exact) mass is 470 g/mol. The van der Waals surface area contributed by atoms with Crippen molar-refractivity contribution >= 4 is 67.0 Å². The SMILES string of the molecule is Cc1nc2sc(C(=O)Nc3scc(-c4ccc(Cl)cc4)c3C(N)=O)c(N)c2c(C)c1C. The molecule has 5 N–H and O–H groups in total. The number of amides is 2. The summed E-state index contributed by atoms with van der Waals surface area (Å²) in [4.78, 5) is 30.9. The zero-order valence-electron chi connectivity index (χ0n) is 17.0. The van der Waals surface area contributed by atoms with E-state index in [2.05, 4.69) is 10.3 Å². The van der Waals surface area contributed by atoms with Crippen LogP contribution in [0.2, 0.25) is 5.02 Å². The molecule has 3 heterocycles. The van der Waals surface area contributed by atoms with E-state index < -0.39 is 11.8 Å². The van der Waals surface area contributed by atoms with Gasteiger partial charge < -0.3 is 16.8 Å². The summed E-state index contributed by atoms with van der Waals surface area (Å²) in [5.41, 5.74) is 17.0. The minimum Gasteiger partial charge on any atom is -0.397 e. The largest absolute Gasteiger partial charge is 0.397 e. The number of carbonyl (C=O) groups excluding carboxylic acids is 2. The number of pyridine rings is 1. The number of benzene rings is 1. The summed E-state index contributed by atoms with van der Waals surface area (Å²) in [6.45, 7) is 5.89. The number of nitrogens with zero attached hydrogens (tertiary/aromatic N) is 1. The van der Waals surface area contributed by atoms with Crippen LogP contribution in [0.3, 0.4) is 0 Å². The smallest absolute Gasteiger partial charge is 0.268 e. The highest BCUT2D eigenvalue weighted by molar-refractivity contribution is 7.21. The van der Waals surface area contributed by atoms with Gasteiger partial charge in [-0.1, -0.05) is 23.7 Å². The molecule has 1 aromatic carbocycles. The number of fused-ring (bicyclic) bond motifs is 1. The highest BCUT2D eigenvalue weighted by Gasteiger charge is 2.24. The number of nitrogens with two attached hydrogens (primary N) is 2. The van der Waals surface area contributed by atoms with Crippen LogP contribution in [0.5, 0.6) is 0 Å². The van der Waals surface area contributed by atoms with Gasteiger partial charge in [-0.25, -0.2) is 4.98 Å². The first-order chi connectivity index (χ1) is 14.7. The first-order valence-electron chi connectivity index (χ1n) is 9.33. The maximum Gasteiger partial charge on any atom is 0.268 e. The number of aromatic nitrogens is 1. The molecule has 0 fully saturated rings. The summed E-state index contributed by atoms with van der Waals surface area (Å²) in [6.07, 6.45) is 0. The lowest BCUT2D eigenvalue weighted by Crippen LogP contribution is -2.17. The number of nitrogens with one attached hydrogen (secondary N) is 1. The number of carbonyl (C=O) groups is 2. The standard InChI is InChI=1S/C22H19ClN4O2S2/c1-9-10(2)15-17(24)18(31-22(15)26-11(9)3)20(29)27-21-16(19(25)28)14(8-30-21)12-4-6-13(23)7-5-12/h4-8H,24H2,1-3H3,(H2,25,28)(H,27,29). The van der Waals surface area contributed by atoms with Crippen LogP contribution < -0.4 is 16.8 Å². The molecule has 158 valence electrons. The van der Waals surface area contributed by atoms with Crippen molar-refractivity contribution in [1.29, 1.82) is 0 Å². The third kappa shape index (κ3) is 3.67. The minimum atomic E-state index is -0.630. The van der Waals surface area contributed by atoms with Crippen molar-refractivity contribution in [2.24, 2.45) is 5.73 Å². The van der Waals surface area contributed by atoms with E-state index >= 15 is 0 Å². The van der Waals surface area contributed by atoms with Crippen LogP contribution in [0.25, 0.3) is 21.3 Å². The summed E-state index contributed by atoms with van der Waals surface area (Å²) in [7, 11) is 0. The van der Waals surface area contributed by atoms with E-state index in [4.69, 9.17) is 23.1 Å². The van der Waals surface area contributed by atoms with Crippen LogP contribution >= 0.6 is 34.3 Å². The second-order valence-electron chi connectivity index (χ2n) is 7.15. The maximum absolute atomic E-state index is 13.1. The van der Waals surface area contributed by atoms with Crippen LogP contribution in [-0.2, 0) is 0 Å². The van der Waals surface area contributed by atoms with Gasteiger partial charge in [0.2, 0.25) is 0 Å². The predicted octanol–water partition coefficient (Wildman–Crippen LogP) is 5.54. The lowest BCUT2D eigenvalue weighted by molar-refractivity contribution is 0.100. The Morgan fingerprint density at radius 2 is 1.77 bits per heavy atom. The number of aryl methyl sites for hydroxylation is 2. The van der Waals surface area contributed by atoms with Crippen molar-refractivity contribution in [3.63, 3.8) is 0 Å². The van der Waals surface area contributed by atoms with Gasteiger partial charge >= 0.3 is 0 Å². The molecule has 0 atom stereocenters. The lowest BCUT2D eigenvalue weighted by atomic mass is 10.0. The fourth-order valence-electron chi connectivity index (χ4n) is 3.43. The average molecular weight is 471 g/mol. The molecule has 4 aromatic rings. The van der Waals surface area contributed by atoms with E-state index in [1.165, 1.54) is 22.7 Å². The first kappa shape index (κ1) is 21.3. The molecule has 4 rings (SSSR count). The average Bonchev–Trinajstić information content (AvgIpc) is 3.28. The van der Waals surface area contributed by atoms with Crippen LogP contribution in [-0.4, -0.2) is 16.8 Å². The third-order valence-electron chi connectivity index (χ3n) is 5.30. The summed E-state index contributed by atoms with van der Waals surface area (Å²) < 4.78 is 0. The van der Waals surface area contributed by atoms with Gasteiger partial charge in [0.15, 0.2) is 0 Å². The number of hydrogen-bond acceptors (Lipinski definition) is 6. The van der Waals surface area contributed by atoms with Gasteiger partial charge in [0, 0.05) is 27.0 Å². The molecule has 0 aliphatic carbocycles. The van der Waals surface area contributed by atoms with Crippen molar-refractivity contribution in [1.82, 2.24) is 4.98 Å². The number of rotatable bonds is 4. The highest BCUT2D eigenvalue weighted by Crippen LogP contribution is 2.39. The lowest BCUT2D eigenvalue weighted by Gasteiger charge is -2.07. The topological polar surface area (TPSA) is 111 Å². The Bertz CT molecular complexity index is 1360. The van der Waals surface area contributed by atoms with Crippen molar-refractivity contribution < 1.29 is 9.59 Å². The number of anilines is 2. The molecule has 9 heteroatoms. The number of primary amides is 1. The second-order valence-corrected chi connectivity index (χ2v) is 9.47. The summed E-state index contributed by atoms with van der Waals surface area (Å²) in [5, 5.41) is 6.35. The van der Waals surface area contributed by atoms with E-state index in [9.17, 15) is 9.59 Å². The molecular weight excluding hydrogens is 452 g/mol. The van der Waals surface area contributed by atoms with Gasteiger partial charge in [-0.05, 0) is 49.6 Å². The van der Waals surface area contributed by atoms with Crippen LogP contribution in [0.1, 0.15) is 36.9 Å². The molecule has 6 nitrogen and oxygen atoms in total. The van der Waals surface area contributed by atoms with Crippen molar-refractivity contribution in [2.45, 2.75) is 20.8 Å². The van der Waals surface area contributed by atoms with Crippen molar-refractivity contribution in [3.8, 4) is 11.1 Å². The van der Waals surface area contributed by atoms with Crippen molar-refractivity contribution in [3.05, 3.63) is 61.9 Å². The molecule has 3 aromatic heterocycles. The molecule has 0 unspecified atom stereocenters. The third-order valence-corrected chi connectivity index (χ3v) is 7.55. The van der Waals surface area contributed by atoms with Crippen LogP contribution in [0.4, 0.5) is 10.7 Å². The number of halogens is 1. The number of nitrogen functional groups attached to an aromatic ring is 1. The Morgan fingerprint density at radius 1 is 1.10 bits per heavy atom. The highest BCUT2D eigenvalue weighted by atomic mass is 35.5. The summed E-state index contributed by atoms with van der Waals surface area (Å²) >= 11 is 8.42. The summed E-state index contributed by atoms with van der Waals surface area (Å²) in [6, 6.07) is 7.06. The van der Waals surface area contributed by atoms with E-state index in [1.807, 2.05) is 20.8 Å². The number of thiophene rings is 2. The van der Waals surface area contributed by atoms with E-state index in [1.54, 1.807) is 29.6 Å². The Kier molecular flexibility index (Phi) is 5.47. The van der Waals surface area contributed by atoms with E-state index in [0.29, 0.717) is 31.0 Å². The molecule has 0 radical (unpaired) electrons. The van der Waals surface area contributed by atoms with Gasteiger partial charge in [0.1, 0.15) is 14.7 Å². The van der Waals surface area contributed by atoms with E-state index in [0.717, 1.165) is 27.8 Å². The Labute approximate surface area is 191 Å². The number of hydrogen-bond donors (Lipinski definition) is 3. The van der Waals surface area contributed by atoms with Gasteiger partial charge in [-0.15, -0.1) is 22.7 Å². The fourth-order valence-corrected chi connectivity index (χ4v) is 5.62. The summed E-state index contributed by atoms with van der Waals surface area (Å²) in [5.74, 6) is -1.03. The molecule has 0 aliphatic heterocycles. The Hall–Kier alpha value is -2.94. The van der Waals surface area contributed by atoms with Gasteiger partial charge in [-0.3, -0.25) is 9.59 Å². The second kappa shape index (κ2) is 7.96. The molecule has 0 bridgehead atoms. The van der Waals surface area contributed by atoms with Gasteiger partial charge in [0.25, 0.3) is 11.8 Å². The molecule has 0 saturated heterocycles. The molecule has 2 amide bonds. The fraction of sp³-hybridized carbons (Fsp3) is 0.136. The molecule has 0 aliphatic rings. The van der Waals surface area contributed by atoms with Crippen molar-refractivity contribution in [2.75, 3.05) is 11.1 Å². The minimum absolute atomic E-state index is 0.251. The quantitative estimate of drug-likeness (QED) is 0.363.